The Hall–Kier alpha value is -1.14. The SMILES string of the molecule is CC(C(=O)O)C(=O)O.CC(N)O. The molecule has 6 heteroatoms. The fourth-order valence-electron chi connectivity index (χ4n) is 0.106. The molecular weight excluding hydrogens is 166 g/mol. The van der Waals surface area contributed by atoms with Gasteiger partial charge in [-0.25, -0.2) is 0 Å². The Balaban J connectivity index is 0. The number of aliphatic hydroxyl groups is 1. The zero-order valence-electron chi connectivity index (χ0n) is 6.89. The summed E-state index contributed by atoms with van der Waals surface area (Å²) in [6, 6.07) is 0. The van der Waals surface area contributed by atoms with Gasteiger partial charge >= 0.3 is 11.9 Å². The second kappa shape index (κ2) is 6.56. The standard InChI is InChI=1S/C4H6O4.C2H7NO/c1-2(3(5)6)4(7)8;1-2(3)4/h2H,1H3,(H,5,6)(H,7,8);2,4H,3H2,1H3. The smallest absolute Gasteiger partial charge is 0.317 e. The minimum Gasteiger partial charge on any atom is -0.481 e. The quantitative estimate of drug-likeness (QED) is 0.321. The molecule has 5 N–H and O–H groups in total. The molecule has 12 heavy (non-hydrogen) atoms. The van der Waals surface area contributed by atoms with Crippen LogP contribution in [-0.2, 0) is 9.59 Å². The normalized spacial score (nSPS) is 11.4. The van der Waals surface area contributed by atoms with Crippen molar-refractivity contribution in [3.63, 3.8) is 0 Å². The third kappa shape index (κ3) is 11.6. The summed E-state index contributed by atoms with van der Waals surface area (Å²) in [6.45, 7) is 2.62. The predicted octanol–water partition coefficient (Wildman–Crippen LogP) is -0.925. The number of aliphatic carboxylic acids is 2. The van der Waals surface area contributed by atoms with Crippen LogP contribution in [0.25, 0.3) is 0 Å². The second-order valence-corrected chi connectivity index (χ2v) is 2.14. The predicted molar refractivity (Wildman–Crippen MR) is 40.3 cm³/mol. The highest BCUT2D eigenvalue weighted by molar-refractivity contribution is 5.92. The molecule has 0 bridgehead atoms. The van der Waals surface area contributed by atoms with Crippen LogP contribution in [0, 0.1) is 5.92 Å². The lowest BCUT2D eigenvalue weighted by molar-refractivity contribution is -0.153. The van der Waals surface area contributed by atoms with Crippen LogP contribution >= 0.6 is 0 Å². The summed E-state index contributed by atoms with van der Waals surface area (Å²) in [5.74, 6) is -3.91. The molecule has 0 aromatic heterocycles. The number of nitrogens with two attached hydrogens (primary N) is 1. The molecule has 0 aromatic carbocycles. The van der Waals surface area contributed by atoms with Crippen molar-refractivity contribution in [2.75, 3.05) is 0 Å². The van der Waals surface area contributed by atoms with Crippen LogP contribution < -0.4 is 5.73 Å². The maximum atomic E-state index is 9.76. The van der Waals surface area contributed by atoms with Crippen LogP contribution in [0.5, 0.6) is 0 Å². The zero-order chi connectivity index (χ0) is 10.3. The van der Waals surface area contributed by atoms with Crippen molar-refractivity contribution < 1.29 is 24.9 Å². The van der Waals surface area contributed by atoms with Gasteiger partial charge < -0.3 is 21.1 Å². The lowest BCUT2D eigenvalue weighted by atomic mass is 10.2. The third-order valence-corrected chi connectivity index (χ3v) is 0.741. The Labute approximate surface area is 69.6 Å². The Bertz CT molecular complexity index is 139. The first kappa shape index (κ1) is 13.4. The molecule has 0 heterocycles. The van der Waals surface area contributed by atoms with E-state index in [1.54, 1.807) is 0 Å². The number of carboxylic acid groups (broad SMARTS) is 2. The summed E-state index contributed by atoms with van der Waals surface area (Å²) in [6.07, 6.45) is -0.667. The van der Waals surface area contributed by atoms with E-state index in [1.807, 2.05) is 0 Å². The van der Waals surface area contributed by atoms with Gasteiger partial charge in [0.1, 0.15) is 0 Å². The topological polar surface area (TPSA) is 121 Å². The van der Waals surface area contributed by atoms with Crippen LogP contribution in [-0.4, -0.2) is 33.5 Å². The van der Waals surface area contributed by atoms with Gasteiger partial charge in [-0.1, -0.05) is 0 Å². The average molecular weight is 179 g/mol. The fraction of sp³-hybridized carbons (Fsp3) is 0.667. The Morgan fingerprint density at radius 3 is 1.33 bits per heavy atom. The van der Waals surface area contributed by atoms with Crippen molar-refractivity contribution in [1.29, 1.82) is 0 Å². The van der Waals surface area contributed by atoms with E-state index in [4.69, 9.17) is 15.3 Å². The molecule has 0 radical (unpaired) electrons. The van der Waals surface area contributed by atoms with Crippen LogP contribution in [0.4, 0.5) is 0 Å². The molecular formula is C6H13NO5. The van der Waals surface area contributed by atoms with E-state index in [0.29, 0.717) is 0 Å². The molecule has 0 rings (SSSR count). The summed E-state index contributed by atoms with van der Waals surface area (Å²) in [5.41, 5.74) is 4.67. The highest BCUT2D eigenvalue weighted by atomic mass is 16.4. The first-order valence-electron chi connectivity index (χ1n) is 3.18. The highest BCUT2D eigenvalue weighted by Gasteiger charge is 2.18. The first-order chi connectivity index (χ1) is 5.29. The van der Waals surface area contributed by atoms with Gasteiger partial charge in [0.2, 0.25) is 0 Å². The van der Waals surface area contributed by atoms with E-state index in [9.17, 15) is 9.59 Å². The second-order valence-electron chi connectivity index (χ2n) is 2.14. The Morgan fingerprint density at radius 1 is 1.17 bits per heavy atom. The van der Waals surface area contributed by atoms with Crippen molar-refractivity contribution in [2.24, 2.45) is 11.7 Å². The van der Waals surface area contributed by atoms with Crippen LogP contribution in [0.15, 0.2) is 0 Å². The van der Waals surface area contributed by atoms with Gasteiger partial charge in [-0.3, -0.25) is 9.59 Å². The lowest BCUT2D eigenvalue weighted by Gasteiger charge is -1.94. The monoisotopic (exact) mass is 179 g/mol. The molecule has 1 atom stereocenters. The molecule has 72 valence electrons. The first-order valence-corrected chi connectivity index (χ1v) is 3.18. The van der Waals surface area contributed by atoms with Gasteiger partial charge in [-0.2, -0.15) is 0 Å². The summed E-state index contributed by atoms with van der Waals surface area (Å²) >= 11 is 0. The van der Waals surface area contributed by atoms with Crippen molar-refractivity contribution in [3.05, 3.63) is 0 Å². The summed E-state index contributed by atoms with van der Waals surface area (Å²) in [4.78, 5) is 19.5. The summed E-state index contributed by atoms with van der Waals surface area (Å²) in [5, 5.41) is 23.8. The summed E-state index contributed by atoms with van der Waals surface area (Å²) < 4.78 is 0. The fourth-order valence-corrected chi connectivity index (χ4v) is 0.106. The van der Waals surface area contributed by atoms with E-state index in [-0.39, 0.29) is 0 Å². The van der Waals surface area contributed by atoms with Crippen LogP contribution in [0.2, 0.25) is 0 Å². The largest absolute Gasteiger partial charge is 0.481 e. The molecule has 0 saturated carbocycles. The van der Waals surface area contributed by atoms with Gasteiger partial charge in [-0.15, -0.1) is 0 Å². The molecule has 0 spiro atoms. The van der Waals surface area contributed by atoms with Crippen LogP contribution in [0.1, 0.15) is 13.8 Å². The van der Waals surface area contributed by atoms with Gasteiger partial charge in [0.05, 0.1) is 6.23 Å². The van der Waals surface area contributed by atoms with E-state index in [0.717, 1.165) is 6.92 Å². The number of carboxylic acids is 2. The Morgan fingerprint density at radius 2 is 1.33 bits per heavy atom. The van der Waals surface area contributed by atoms with Gasteiger partial charge in [-0.05, 0) is 13.8 Å². The summed E-state index contributed by atoms with van der Waals surface area (Å²) in [7, 11) is 0. The van der Waals surface area contributed by atoms with Crippen LogP contribution in [0.3, 0.4) is 0 Å². The third-order valence-electron chi connectivity index (χ3n) is 0.741. The lowest BCUT2D eigenvalue weighted by Crippen LogP contribution is -2.19. The maximum Gasteiger partial charge on any atom is 0.317 e. The number of hydrogen-bond donors (Lipinski definition) is 4. The molecule has 0 aliphatic carbocycles. The highest BCUT2D eigenvalue weighted by Crippen LogP contribution is 1.91. The van der Waals surface area contributed by atoms with Crippen molar-refractivity contribution >= 4 is 11.9 Å². The molecule has 0 aromatic rings. The number of aliphatic hydroxyl groups excluding tert-OH is 1. The molecule has 1 unspecified atom stereocenters. The Kier molecular flexibility index (Phi) is 7.36. The molecule has 0 aliphatic rings. The number of rotatable bonds is 2. The van der Waals surface area contributed by atoms with E-state index in [2.05, 4.69) is 5.73 Å². The van der Waals surface area contributed by atoms with Crippen molar-refractivity contribution in [1.82, 2.24) is 0 Å². The minimum absolute atomic E-state index is 0.667. The van der Waals surface area contributed by atoms with Crippen molar-refractivity contribution in [3.8, 4) is 0 Å². The number of carbonyl (C=O) groups is 2. The maximum absolute atomic E-state index is 9.76. The number of hydrogen-bond acceptors (Lipinski definition) is 4. The molecule has 0 saturated heterocycles. The van der Waals surface area contributed by atoms with E-state index < -0.39 is 24.1 Å². The van der Waals surface area contributed by atoms with Gasteiger partial charge in [0.25, 0.3) is 0 Å². The molecule has 0 fully saturated rings. The average Bonchev–Trinajstić information content (AvgIpc) is 1.84. The van der Waals surface area contributed by atoms with Gasteiger partial charge in [0.15, 0.2) is 5.92 Å². The zero-order valence-corrected chi connectivity index (χ0v) is 6.89. The van der Waals surface area contributed by atoms with Gasteiger partial charge in [0, 0.05) is 0 Å². The van der Waals surface area contributed by atoms with E-state index in [1.165, 1.54) is 6.92 Å². The minimum atomic E-state index is -1.31. The van der Waals surface area contributed by atoms with E-state index >= 15 is 0 Å². The molecule has 0 aliphatic heterocycles. The molecule has 0 amide bonds. The molecule has 6 nitrogen and oxygen atoms in total. The van der Waals surface area contributed by atoms with Crippen molar-refractivity contribution in [2.45, 2.75) is 20.1 Å².